The van der Waals surface area contributed by atoms with Gasteiger partial charge >= 0.3 is 0 Å². The van der Waals surface area contributed by atoms with E-state index in [2.05, 4.69) is 48.6 Å². The van der Waals surface area contributed by atoms with Crippen LogP contribution in [0.15, 0.2) is 30.3 Å². The maximum atomic E-state index is 8.93. The molecule has 1 atom stereocenters. The number of hydrogen-bond donors (Lipinski definition) is 1. The van der Waals surface area contributed by atoms with E-state index in [9.17, 15) is 0 Å². The molecular formula is C17H26N2. The zero-order valence-electron chi connectivity index (χ0n) is 12.4. The van der Waals surface area contributed by atoms with Crippen molar-refractivity contribution in [3.05, 3.63) is 35.9 Å². The molecule has 2 nitrogen and oxygen atoms in total. The van der Waals surface area contributed by atoms with Crippen LogP contribution in [0.1, 0.15) is 51.5 Å². The lowest BCUT2D eigenvalue weighted by atomic mass is 9.89. The molecule has 0 aliphatic heterocycles. The van der Waals surface area contributed by atoms with Crippen LogP contribution in [0.5, 0.6) is 0 Å². The van der Waals surface area contributed by atoms with Crippen LogP contribution in [0.2, 0.25) is 0 Å². The van der Waals surface area contributed by atoms with E-state index in [1.807, 2.05) is 13.8 Å². The fourth-order valence-corrected chi connectivity index (χ4v) is 2.09. The monoisotopic (exact) mass is 258 g/mol. The van der Waals surface area contributed by atoms with Gasteiger partial charge in [-0.3, -0.25) is 0 Å². The Bertz CT molecular complexity index is 389. The summed E-state index contributed by atoms with van der Waals surface area (Å²) >= 11 is 0. The molecule has 0 aromatic heterocycles. The quantitative estimate of drug-likeness (QED) is 0.713. The van der Waals surface area contributed by atoms with Gasteiger partial charge in [0.15, 0.2) is 0 Å². The summed E-state index contributed by atoms with van der Waals surface area (Å²) in [5.74, 6) is 0.553. The molecule has 104 valence electrons. The van der Waals surface area contributed by atoms with Crippen molar-refractivity contribution in [1.82, 2.24) is 5.32 Å². The Labute approximate surface area is 117 Å². The number of nitrogens with one attached hydrogen (secondary N) is 1. The molecule has 1 N–H and O–H groups in total. The van der Waals surface area contributed by atoms with E-state index in [4.69, 9.17) is 5.26 Å². The van der Waals surface area contributed by atoms with Crippen LogP contribution < -0.4 is 5.32 Å². The third-order valence-electron chi connectivity index (χ3n) is 3.53. The smallest absolute Gasteiger partial charge is 0.0683 e. The topological polar surface area (TPSA) is 35.8 Å². The molecule has 1 unspecified atom stereocenters. The number of rotatable bonds is 8. The highest BCUT2D eigenvalue weighted by Gasteiger charge is 2.15. The second-order valence-corrected chi connectivity index (χ2v) is 5.97. The van der Waals surface area contributed by atoms with Crippen LogP contribution in [-0.2, 0) is 0 Å². The van der Waals surface area contributed by atoms with E-state index in [0.29, 0.717) is 5.92 Å². The second kappa shape index (κ2) is 7.96. The van der Waals surface area contributed by atoms with Crippen molar-refractivity contribution in [3.63, 3.8) is 0 Å². The Morgan fingerprint density at radius 3 is 2.53 bits per heavy atom. The van der Waals surface area contributed by atoms with Crippen LogP contribution in [0.4, 0.5) is 0 Å². The Balaban J connectivity index is 2.10. The largest absolute Gasteiger partial charge is 0.316 e. The van der Waals surface area contributed by atoms with E-state index >= 15 is 0 Å². The molecular weight excluding hydrogens is 232 g/mol. The average Bonchev–Trinajstić information content (AvgIpc) is 2.43. The lowest BCUT2D eigenvalue weighted by molar-refractivity contribution is 0.421. The van der Waals surface area contributed by atoms with Crippen molar-refractivity contribution < 1.29 is 0 Å². The highest BCUT2D eigenvalue weighted by molar-refractivity contribution is 5.18. The summed E-state index contributed by atoms with van der Waals surface area (Å²) in [6.07, 6.45) is 3.25. The van der Waals surface area contributed by atoms with E-state index in [1.54, 1.807) is 0 Å². The Kier molecular flexibility index (Phi) is 6.59. The van der Waals surface area contributed by atoms with Gasteiger partial charge in [0, 0.05) is 6.54 Å². The van der Waals surface area contributed by atoms with Gasteiger partial charge in [-0.2, -0.15) is 5.26 Å². The van der Waals surface area contributed by atoms with Crippen molar-refractivity contribution in [2.45, 2.75) is 46.0 Å². The number of benzene rings is 1. The number of nitrogens with zero attached hydrogens (tertiary/aromatic N) is 1. The van der Waals surface area contributed by atoms with E-state index in [-0.39, 0.29) is 5.41 Å². The van der Waals surface area contributed by atoms with Gasteiger partial charge in [0.25, 0.3) is 0 Å². The van der Waals surface area contributed by atoms with Crippen molar-refractivity contribution in [1.29, 1.82) is 5.26 Å². The molecule has 0 amide bonds. The van der Waals surface area contributed by atoms with Crippen LogP contribution in [-0.4, -0.2) is 13.1 Å². The van der Waals surface area contributed by atoms with Gasteiger partial charge < -0.3 is 5.32 Å². The summed E-state index contributed by atoms with van der Waals surface area (Å²) in [4.78, 5) is 0. The molecule has 1 aromatic rings. The molecule has 0 aliphatic carbocycles. The van der Waals surface area contributed by atoms with Crippen LogP contribution in [0.3, 0.4) is 0 Å². The minimum Gasteiger partial charge on any atom is -0.316 e. The summed E-state index contributed by atoms with van der Waals surface area (Å²) in [5, 5.41) is 12.4. The van der Waals surface area contributed by atoms with Gasteiger partial charge in [0.1, 0.15) is 0 Å². The van der Waals surface area contributed by atoms with Crippen molar-refractivity contribution in [2.75, 3.05) is 13.1 Å². The van der Waals surface area contributed by atoms with Gasteiger partial charge in [0.05, 0.1) is 11.5 Å². The standard InChI is InChI=1S/C17H26N2/c1-15(16-9-5-4-6-10-16)13-19-12-8-7-11-17(2,3)14-18/h4-6,9-10,15,19H,7-8,11-13H2,1-3H3. The third-order valence-corrected chi connectivity index (χ3v) is 3.53. The maximum Gasteiger partial charge on any atom is 0.0683 e. The van der Waals surface area contributed by atoms with Crippen molar-refractivity contribution in [3.8, 4) is 6.07 Å². The van der Waals surface area contributed by atoms with Crippen molar-refractivity contribution >= 4 is 0 Å². The number of nitriles is 1. The Hall–Kier alpha value is -1.33. The first-order chi connectivity index (χ1) is 9.05. The van der Waals surface area contributed by atoms with E-state index in [1.165, 1.54) is 5.56 Å². The van der Waals surface area contributed by atoms with Gasteiger partial charge in [0.2, 0.25) is 0 Å². The molecule has 0 saturated carbocycles. The second-order valence-electron chi connectivity index (χ2n) is 5.97. The molecule has 0 saturated heterocycles. The van der Waals surface area contributed by atoms with Crippen molar-refractivity contribution in [2.24, 2.45) is 5.41 Å². The van der Waals surface area contributed by atoms with E-state index in [0.717, 1.165) is 32.4 Å². The van der Waals surface area contributed by atoms with Gasteiger partial charge in [-0.15, -0.1) is 0 Å². The highest BCUT2D eigenvalue weighted by Crippen LogP contribution is 2.21. The van der Waals surface area contributed by atoms with Crippen LogP contribution in [0.25, 0.3) is 0 Å². The molecule has 19 heavy (non-hydrogen) atoms. The maximum absolute atomic E-state index is 8.93. The fraction of sp³-hybridized carbons (Fsp3) is 0.588. The van der Waals surface area contributed by atoms with Gasteiger partial charge in [-0.25, -0.2) is 0 Å². The highest BCUT2D eigenvalue weighted by atomic mass is 14.8. The summed E-state index contributed by atoms with van der Waals surface area (Å²) in [6.45, 7) is 8.33. The first-order valence-corrected chi connectivity index (χ1v) is 7.22. The summed E-state index contributed by atoms with van der Waals surface area (Å²) in [6, 6.07) is 13.0. The molecule has 0 fully saturated rings. The molecule has 0 radical (unpaired) electrons. The SMILES string of the molecule is CC(CNCCCCC(C)(C)C#N)c1ccccc1. The molecule has 0 spiro atoms. The summed E-state index contributed by atoms with van der Waals surface area (Å²) in [7, 11) is 0. The third kappa shape index (κ3) is 6.40. The molecule has 1 aromatic carbocycles. The minimum absolute atomic E-state index is 0.169. The molecule has 0 aliphatic rings. The first kappa shape index (κ1) is 15.7. The minimum atomic E-state index is -0.169. The fourth-order valence-electron chi connectivity index (χ4n) is 2.09. The summed E-state index contributed by atoms with van der Waals surface area (Å²) < 4.78 is 0. The van der Waals surface area contributed by atoms with Crippen LogP contribution in [0, 0.1) is 16.7 Å². The lowest BCUT2D eigenvalue weighted by Crippen LogP contribution is -2.21. The van der Waals surface area contributed by atoms with Gasteiger partial charge in [-0.05, 0) is 44.7 Å². The molecule has 0 heterocycles. The molecule has 2 heteroatoms. The predicted octanol–water partition coefficient (Wildman–Crippen LogP) is 4.10. The number of unbranched alkanes of at least 4 members (excludes halogenated alkanes) is 1. The zero-order chi connectivity index (χ0) is 14.1. The summed E-state index contributed by atoms with van der Waals surface area (Å²) in [5.41, 5.74) is 1.22. The molecule has 1 rings (SSSR count). The van der Waals surface area contributed by atoms with Crippen LogP contribution >= 0.6 is 0 Å². The predicted molar refractivity (Wildman–Crippen MR) is 81.0 cm³/mol. The normalized spacial score (nSPS) is 12.9. The Morgan fingerprint density at radius 2 is 1.89 bits per heavy atom. The zero-order valence-corrected chi connectivity index (χ0v) is 12.4. The van der Waals surface area contributed by atoms with Gasteiger partial charge in [-0.1, -0.05) is 43.7 Å². The average molecular weight is 258 g/mol. The van der Waals surface area contributed by atoms with E-state index < -0.39 is 0 Å². The molecule has 0 bridgehead atoms. The number of hydrogen-bond acceptors (Lipinski definition) is 2. The Morgan fingerprint density at radius 1 is 1.21 bits per heavy atom. The lowest BCUT2D eigenvalue weighted by Gasteiger charge is -2.15. The first-order valence-electron chi connectivity index (χ1n) is 7.22.